The van der Waals surface area contributed by atoms with Gasteiger partial charge in [0.2, 0.25) is 0 Å². The summed E-state index contributed by atoms with van der Waals surface area (Å²) in [5, 5.41) is 12.5. The van der Waals surface area contributed by atoms with Crippen molar-refractivity contribution in [2.75, 3.05) is 0 Å². The van der Waals surface area contributed by atoms with E-state index in [1.807, 2.05) is 0 Å². The molecular formula is C43H30N3+. The number of para-hydroxylation sites is 3. The number of hydrogen-bond donors (Lipinski definition) is 0. The van der Waals surface area contributed by atoms with E-state index in [4.69, 9.17) is 0 Å². The summed E-state index contributed by atoms with van der Waals surface area (Å²) in [6.45, 7) is 2.23. The van der Waals surface area contributed by atoms with Crippen LogP contribution in [0.5, 0.6) is 0 Å². The molecule has 0 unspecified atom stereocenters. The fraction of sp³-hybridized carbons (Fsp3) is 0.0465. The summed E-state index contributed by atoms with van der Waals surface area (Å²) in [7, 11) is 2.13. The van der Waals surface area contributed by atoms with Crippen LogP contribution in [-0.4, -0.2) is 8.97 Å². The van der Waals surface area contributed by atoms with Crippen molar-refractivity contribution in [2.45, 2.75) is 6.92 Å². The molecule has 0 aliphatic carbocycles. The monoisotopic (exact) mass is 588 g/mol. The molecule has 0 fully saturated rings. The molecule has 0 aliphatic heterocycles. The van der Waals surface area contributed by atoms with Crippen molar-refractivity contribution in [3.8, 4) is 5.82 Å². The normalized spacial score (nSPS) is 12.1. The van der Waals surface area contributed by atoms with Crippen LogP contribution >= 0.6 is 0 Å². The maximum atomic E-state index is 2.54. The van der Waals surface area contributed by atoms with Gasteiger partial charge in [0.25, 0.3) is 5.82 Å². The lowest BCUT2D eigenvalue weighted by Gasteiger charge is -2.07. The molecule has 0 spiro atoms. The predicted octanol–water partition coefficient (Wildman–Crippen LogP) is 10.5. The molecule has 4 heterocycles. The number of aryl methyl sites for hydroxylation is 2. The Labute approximate surface area is 265 Å². The van der Waals surface area contributed by atoms with Crippen LogP contribution in [0.15, 0.2) is 146 Å². The molecule has 3 nitrogen and oxygen atoms in total. The van der Waals surface area contributed by atoms with Gasteiger partial charge in [-0.3, -0.25) is 0 Å². The van der Waals surface area contributed by atoms with Gasteiger partial charge < -0.3 is 4.40 Å². The van der Waals surface area contributed by atoms with E-state index in [1.54, 1.807) is 0 Å². The molecule has 0 aliphatic rings. The number of pyridine rings is 1. The Morgan fingerprint density at radius 2 is 0.935 bits per heavy atom. The van der Waals surface area contributed by atoms with E-state index >= 15 is 0 Å². The van der Waals surface area contributed by atoms with Crippen LogP contribution in [0.2, 0.25) is 0 Å². The maximum Gasteiger partial charge on any atom is 0.286 e. The van der Waals surface area contributed by atoms with Gasteiger partial charge in [0.1, 0.15) is 11.0 Å². The van der Waals surface area contributed by atoms with Gasteiger partial charge in [-0.1, -0.05) is 103 Å². The summed E-state index contributed by atoms with van der Waals surface area (Å²) in [5.41, 5.74) is 7.35. The summed E-state index contributed by atoms with van der Waals surface area (Å²) in [6, 6.07) is 51.6. The van der Waals surface area contributed by atoms with Crippen LogP contribution in [0.3, 0.4) is 0 Å². The Morgan fingerprint density at radius 1 is 0.413 bits per heavy atom. The Balaban J connectivity index is 1.62. The lowest BCUT2D eigenvalue weighted by Crippen LogP contribution is -2.33. The summed E-state index contributed by atoms with van der Waals surface area (Å²) < 4.78 is 7.22. The lowest BCUT2D eigenvalue weighted by atomic mass is 10.00. The standard InChI is InChI=1S/C43H30N3/c1-27-13-11-19-35-37-25-36-31-17-6-4-15-29(31)28-14-3-5-16-30(28)33-20-12-21-34-32-18-7-8-22-38(32)45(43(33)34)39(36)26-40(37)46(42(27)35)41-23-9-10-24-44(41)2/h3-26H,1-2H3/q+1. The predicted molar refractivity (Wildman–Crippen MR) is 194 cm³/mol. The number of aromatic nitrogens is 3. The summed E-state index contributed by atoms with van der Waals surface area (Å²) in [6.07, 6.45) is 2.13. The van der Waals surface area contributed by atoms with Gasteiger partial charge in [0.15, 0.2) is 0 Å². The first-order chi connectivity index (χ1) is 22.7. The molecule has 10 aromatic rings. The SMILES string of the molecule is Cc1cccc2c3cc4c5ccccc5c5ccccc5c5cccc6c7ccccc7n(c4cc3n(-c3cccc[n+]3C)c12)c56. The van der Waals surface area contributed by atoms with E-state index in [-0.39, 0.29) is 0 Å². The molecule has 0 saturated heterocycles. The third-order valence-corrected chi connectivity index (χ3v) is 10.0. The zero-order chi connectivity index (χ0) is 30.5. The minimum absolute atomic E-state index is 1.13. The Bertz CT molecular complexity index is 2940. The van der Waals surface area contributed by atoms with E-state index in [0.29, 0.717) is 0 Å². The van der Waals surface area contributed by atoms with Crippen molar-refractivity contribution >= 4 is 81.4 Å². The largest absolute Gasteiger partial charge is 0.308 e. The van der Waals surface area contributed by atoms with E-state index in [1.165, 1.54) is 87.0 Å². The quantitative estimate of drug-likeness (QED) is 0.169. The van der Waals surface area contributed by atoms with E-state index in [9.17, 15) is 0 Å². The third kappa shape index (κ3) is 3.29. The highest BCUT2D eigenvalue weighted by atomic mass is 15.1. The molecule has 0 atom stereocenters. The number of rotatable bonds is 1. The first kappa shape index (κ1) is 25.4. The van der Waals surface area contributed by atoms with Crippen LogP contribution in [-0.2, 0) is 7.05 Å². The van der Waals surface area contributed by atoms with Crippen molar-refractivity contribution in [1.82, 2.24) is 8.97 Å². The fourth-order valence-electron chi connectivity index (χ4n) is 8.05. The molecule has 0 N–H and O–H groups in total. The van der Waals surface area contributed by atoms with Gasteiger partial charge >= 0.3 is 0 Å². The summed E-state index contributed by atoms with van der Waals surface area (Å²) >= 11 is 0. The molecule has 0 amide bonds. The van der Waals surface area contributed by atoms with Gasteiger partial charge in [-0.25, -0.2) is 4.57 Å². The van der Waals surface area contributed by atoms with Crippen LogP contribution in [0.4, 0.5) is 0 Å². The zero-order valence-corrected chi connectivity index (χ0v) is 25.7. The minimum atomic E-state index is 1.13. The second-order valence-corrected chi connectivity index (χ2v) is 12.5. The summed E-state index contributed by atoms with van der Waals surface area (Å²) in [5.74, 6) is 1.13. The Morgan fingerprint density at radius 3 is 1.65 bits per heavy atom. The van der Waals surface area contributed by atoms with Gasteiger partial charge in [0.05, 0.1) is 29.8 Å². The first-order valence-electron chi connectivity index (χ1n) is 15.9. The molecule has 0 saturated carbocycles. The van der Waals surface area contributed by atoms with E-state index < -0.39 is 0 Å². The molecule has 3 heteroatoms. The van der Waals surface area contributed by atoms with Crippen LogP contribution in [0.25, 0.3) is 87.3 Å². The fourth-order valence-corrected chi connectivity index (χ4v) is 8.05. The molecule has 6 aromatic carbocycles. The number of hydrogen-bond acceptors (Lipinski definition) is 0. The molecule has 0 radical (unpaired) electrons. The van der Waals surface area contributed by atoms with Crippen LogP contribution < -0.4 is 4.57 Å². The summed E-state index contributed by atoms with van der Waals surface area (Å²) in [4.78, 5) is 0. The molecular weight excluding hydrogens is 558 g/mol. The van der Waals surface area contributed by atoms with E-state index in [2.05, 4.69) is 173 Å². The average Bonchev–Trinajstić information content (AvgIpc) is 3.62. The van der Waals surface area contributed by atoms with Crippen molar-refractivity contribution in [2.24, 2.45) is 7.05 Å². The topological polar surface area (TPSA) is 13.2 Å². The smallest absolute Gasteiger partial charge is 0.286 e. The minimum Gasteiger partial charge on any atom is -0.308 e. The van der Waals surface area contributed by atoms with Crippen molar-refractivity contribution in [3.63, 3.8) is 0 Å². The molecule has 216 valence electrons. The second-order valence-electron chi connectivity index (χ2n) is 12.5. The van der Waals surface area contributed by atoms with Crippen molar-refractivity contribution in [3.05, 3.63) is 151 Å². The molecule has 4 aromatic heterocycles. The molecule has 10 rings (SSSR count). The molecule has 0 bridgehead atoms. The number of benzene rings is 6. The first-order valence-corrected chi connectivity index (χ1v) is 15.9. The van der Waals surface area contributed by atoms with Gasteiger partial charge in [-0.15, -0.1) is 0 Å². The van der Waals surface area contributed by atoms with Crippen LogP contribution in [0, 0.1) is 6.92 Å². The van der Waals surface area contributed by atoms with Gasteiger partial charge in [-0.2, -0.15) is 4.57 Å². The molecule has 46 heavy (non-hydrogen) atoms. The highest BCUT2D eigenvalue weighted by Gasteiger charge is 2.24. The van der Waals surface area contributed by atoms with Crippen LogP contribution in [0.1, 0.15) is 5.56 Å². The van der Waals surface area contributed by atoms with Crippen molar-refractivity contribution in [1.29, 1.82) is 0 Å². The van der Waals surface area contributed by atoms with Gasteiger partial charge in [-0.05, 0) is 58.3 Å². The Hall–Kier alpha value is -5.93. The van der Waals surface area contributed by atoms with Gasteiger partial charge in [0, 0.05) is 44.5 Å². The third-order valence-electron chi connectivity index (χ3n) is 10.0. The zero-order valence-electron chi connectivity index (χ0n) is 25.7. The number of nitrogens with zero attached hydrogens (tertiary/aromatic N) is 3. The maximum absolute atomic E-state index is 2.54. The highest BCUT2D eigenvalue weighted by Crippen LogP contribution is 2.41. The average molecular weight is 589 g/mol. The highest BCUT2D eigenvalue weighted by molar-refractivity contribution is 6.26. The number of fused-ring (bicyclic) bond motifs is 13. The lowest BCUT2D eigenvalue weighted by molar-refractivity contribution is -0.665. The second kappa shape index (κ2) is 9.29. The Kier molecular flexibility index (Phi) is 5.13. The van der Waals surface area contributed by atoms with Crippen molar-refractivity contribution < 1.29 is 4.57 Å². The van der Waals surface area contributed by atoms with E-state index in [0.717, 1.165) is 5.82 Å².